The summed E-state index contributed by atoms with van der Waals surface area (Å²) in [6, 6.07) is 0.603. The first-order chi connectivity index (χ1) is 40.3. The topological polar surface area (TPSA) is 414 Å². The van der Waals surface area contributed by atoms with E-state index in [1.165, 1.54) is 39.4 Å². The fourth-order valence-electron chi connectivity index (χ4n) is 9.49. The van der Waals surface area contributed by atoms with E-state index in [0.29, 0.717) is 0 Å². The maximum Gasteiger partial charge on any atom is 0.406 e. The molecular formula is C48H69Cl3N9O24P3. The molecule has 0 aliphatic carbocycles. The molecule has 87 heavy (non-hydrogen) atoms. The molecule has 3 aromatic rings. The summed E-state index contributed by atoms with van der Waals surface area (Å²) in [4.78, 5) is 109. The van der Waals surface area contributed by atoms with Crippen LogP contribution in [0, 0.1) is 0 Å². The molecule has 39 heteroatoms. The van der Waals surface area contributed by atoms with Crippen molar-refractivity contribution >= 4 is 76.0 Å². The van der Waals surface area contributed by atoms with Crippen molar-refractivity contribution in [3.05, 3.63) is 99.3 Å². The number of nitrogens with one attached hydrogen (secondary N) is 6. The molecule has 0 saturated carbocycles. The van der Waals surface area contributed by atoms with E-state index in [9.17, 15) is 56.8 Å². The van der Waals surface area contributed by atoms with Gasteiger partial charge in [0.25, 0.3) is 16.7 Å². The fraction of sp³-hybridized carbons (Fsp3) is 0.688. The van der Waals surface area contributed by atoms with Gasteiger partial charge in [-0.1, -0.05) is 0 Å². The average Bonchev–Trinajstić information content (AvgIpc) is 1.75. The summed E-state index contributed by atoms with van der Waals surface area (Å²) in [6.45, 7) is 18.8. The van der Waals surface area contributed by atoms with Gasteiger partial charge in [0, 0.05) is 36.8 Å². The third-order valence-electron chi connectivity index (χ3n) is 13.5. The number of nitrogens with zero attached hydrogens (tertiary/aromatic N) is 3. The number of carbonyl (C=O) groups is 3. The van der Waals surface area contributed by atoms with E-state index < -0.39 is 163 Å². The van der Waals surface area contributed by atoms with Crippen molar-refractivity contribution in [3.8, 4) is 0 Å². The van der Waals surface area contributed by atoms with Crippen LogP contribution in [0.5, 0.6) is 0 Å². The van der Waals surface area contributed by atoms with E-state index >= 15 is 0 Å². The molecule has 6 saturated heterocycles. The van der Waals surface area contributed by atoms with Gasteiger partial charge in [-0.25, -0.2) is 43.3 Å². The number of alkyl halides is 3. The summed E-state index contributed by atoms with van der Waals surface area (Å²) >= 11 is 20.0. The number of rotatable bonds is 15. The van der Waals surface area contributed by atoms with Gasteiger partial charge in [0.15, 0.2) is 18.7 Å². The Morgan fingerprint density at radius 2 is 0.713 bits per heavy atom. The first kappa shape index (κ1) is 70.0. The highest BCUT2D eigenvalue weighted by molar-refractivity contribution is 7.52. The van der Waals surface area contributed by atoms with Crippen LogP contribution in [-0.4, -0.2) is 154 Å². The predicted molar refractivity (Wildman–Crippen MR) is 305 cm³/mol. The molecule has 18 atom stereocenters. The number of hydrogen-bond donors (Lipinski definition) is 6. The molecule has 6 N–H and O–H groups in total. The van der Waals surface area contributed by atoms with Gasteiger partial charge >= 0.3 is 58.2 Å². The molecular weight excluding hydrogens is 1290 g/mol. The Morgan fingerprint density at radius 3 is 0.920 bits per heavy atom. The summed E-state index contributed by atoms with van der Waals surface area (Å²) < 4.78 is 108. The Balaban J connectivity index is 0.000000186. The van der Waals surface area contributed by atoms with E-state index in [1.54, 1.807) is 62.3 Å². The van der Waals surface area contributed by atoms with Gasteiger partial charge in [-0.2, -0.15) is 0 Å². The number of halogens is 3. The largest absolute Gasteiger partial charge is 0.462 e. The van der Waals surface area contributed by atoms with E-state index in [2.05, 4.69) is 30.2 Å². The Bertz CT molecular complexity index is 3190. The van der Waals surface area contributed by atoms with Crippen LogP contribution in [0.2, 0.25) is 0 Å². The number of carbonyl (C=O) groups excluding carboxylic acids is 3. The van der Waals surface area contributed by atoms with Gasteiger partial charge in [0.05, 0.1) is 38.1 Å². The van der Waals surface area contributed by atoms with E-state index in [-0.39, 0.29) is 38.1 Å². The quantitative estimate of drug-likeness (QED) is 0.0551. The molecule has 0 amide bonds. The molecule has 6 aliphatic rings. The third-order valence-corrected chi connectivity index (χ3v) is 19.8. The summed E-state index contributed by atoms with van der Waals surface area (Å²) in [7, 11) is -11.7. The van der Waals surface area contributed by atoms with Crippen molar-refractivity contribution in [3.63, 3.8) is 0 Å². The minimum absolute atomic E-state index is 0.141. The van der Waals surface area contributed by atoms with Crippen LogP contribution >= 0.6 is 58.0 Å². The van der Waals surface area contributed by atoms with Crippen molar-refractivity contribution in [2.45, 2.75) is 189 Å². The molecule has 9 rings (SSSR count). The maximum absolute atomic E-state index is 13.0. The van der Waals surface area contributed by atoms with Gasteiger partial charge in [-0.15, -0.1) is 34.8 Å². The Morgan fingerprint density at radius 1 is 0.483 bits per heavy atom. The molecule has 0 spiro atoms. The number of ether oxygens (including phenoxy) is 6. The number of hydrogen-bond acceptors (Lipinski definition) is 24. The summed E-state index contributed by atoms with van der Waals surface area (Å²) in [5, 5.41) is 7.59. The molecule has 0 aromatic carbocycles. The van der Waals surface area contributed by atoms with Crippen LogP contribution < -0.4 is 49.0 Å². The number of fused-ring (bicyclic) bond motifs is 3. The highest BCUT2D eigenvalue weighted by atomic mass is 35.5. The molecule has 0 bridgehead atoms. The lowest BCUT2D eigenvalue weighted by Gasteiger charge is -2.36. The number of H-pyrrole nitrogens is 3. The highest BCUT2D eigenvalue weighted by Gasteiger charge is 2.63. The summed E-state index contributed by atoms with van der Waals surface area (Å²) in [6.07, 6.45) is -5.20. The number of aromatic amines is 3. The molecule has 486 valence electrons. The molecule has 3 aromatic heterocycles. The first-order valence-corrected chi connectivity index (χ1v) is 32.8. The summed E-state index contributed by atoms with van der Waals surface area (Å²) in [5.41, 5.74) is -3.81. The molecule has 9 heterocycles. The van der Waals surface area contributed by atoms with Crippen molar-refractivity contribution in [2.75, 3.05) is 19.8 Å². The zero-order valence-corrected chi connectivity index (χ0v) is 53.8. The van der Waals surface area contributed by atoms with Crippen LogP contribution in [0.25, 0.3) is 0 Å². The fourth-order valence-corrected chi connectivity index (χ4v) is 16.0. The van der Waals surface area contributed by atoms with Crippen LogP contribution in [0.15, 0.2) is 65.6 Å². The highest BCUT2D eigenvalue weighted by Crippen LogP contribution is 2.60. The molecule has 33 nitrogen and oxygen atoms in total. The lowest BCUT2D eigenvalue weighted by molar-refractivity contribution is -0.150. The van der Waals surface area contributed by atoms with Crippen molar-refractivity contribution < 1.29 is 83.6 Å². The SMILES string of the molecule is CC(C)OC(=O)[C@@H](C)NP1(=O)OC[C@H]2O[C@@H](n3ccc(=O)[nH]c3=O)[C@](C)(Cl)[C@@H]2O1.CC(C)OC(=O)[C@@H](C)N[P@@]1(=O)OC[C@H]2O[C@@H](n3ccc(=O)[nH]c3=O)[C@](C)(Cl)[C@@H]2O1.CC(C)OC(=O)[C@@H](C)N[P@]1(=O)OC[C@H]2O[C@@H](n3ccc(=O)[nH]c3=O)[C@](C)(Cl)[C@@H]2O1. The number of aromatic nitrogens is 6. The van der Waals surface area contributed by atoms with Gasteiger partial charge in [-0.3, -0.25) is 84.6 Å². The Labute approximate surface area is 510 Å². The molecule has 1 unspecified atom stereocenters. The smallest absolute Gasteiger partial charge is 0.406 e. The van der Waals surface area contributed by atoms with E-state index in [4.69, 9.17) is 90.4 Å². The van der Waals surface area contributed by atoms with Crippen LogP contribution in [-0.2, 0) is 83.6 Å². The second kappa shape index (κ2) is 27.2. The normalized spacial score (nSPS) is 35.3. The number of esters is 3. The van der Waals surface area contributed by atoms with Crippen molar-refractivity contribution in [2.24, 2.45) is 0 Å². The van der Waals surface area contributed by atoms with E-state index in [1.807, 2.05) is 0 Å². The van der Waals surface area contributed by atoms with Crippen LogP contribution in [0.1, 0.15) is 102 Å². The van der Waals surface area contributed by atoms with Crippen molar-refractivity contribution in [1.82, 2.24) is 43.9 Å². The molecule has 6 aliphatic heterocycles. The van der Waals surface area contributed by atoms with Gasteiger partial charge in [0.1, 0.15) is 69.4 Å². The molecule has 0 radical (unpaired) electrons. The maximum atomic E-state index is 13.0. The van der Waals surface area contributed by atoms with Gasteiger partial charge in [-0.05, 0) is 83.1 Å². The minimum Gasteiger partial charge on any atom is -0.462 e. The zero-order valence-electron chi connectivity index (χ0n) is 48.9. The minimum atomic E-state index is -3.92. The monoisotopic (exact) mass is 1350 g/mol. The van der Waals surface area contributed by atoms with Gasteiger partial charge in [0.2, 0.25) is 0 Å². The molecule has 6 fully saturated rings. The Hall–Kier alpha value is -4.47. The average molecular weight is 1360 g/mol. The lowest BCUT2D eigenvalue weighted by Crippen LogP contribution is -2.47. The summed E-state index contributed by atoms with van der Waals surface area (Å²) in [5.74, 6) is -1.84. The van der Waals surface area contributed by atoms with Crippen molar-refractivity contribution in [1.29, 1.82) is 0 Å². The first-order valence-electron chi connectivity index (χ1n) is 27.0. The van der Waals surface area contributed by atoms with E-state index in [0.717, 1.165) is 31.9 Å². The standard InChI is InChI=1S/3C16H23ClN3O8P/c3*1-8(2)26-13(22)9(3)19-29(24)25-7-10-12(28-29)16(4,17)14(27-10)20-6-5-11(21)18-15(20)23/h3*5-6,8-10,12,14H,7H2,1-4H3,(H,19,24)(H,18,21,23)/t9-,10-,12-,14-,16-,29?;9-,10-,12-,14-,16-,29+;9-,10-,12-,14-,16-,29-/m111/s1. The van der Waals surface area contributed by atoms with Crippen LogP contribution in [0.4, 0.5) is 0 Å². The Kier molecular flexibility index (Phi) is 21.8. The predicted octanol–water partition coefficient (Wildman–Crippen LogP) is 2.65. The zero-order chi connectivity index (χ0) is 64.7. The third kappa shape index (κ3) is 16.2. The van der Waals surface area contributed by atoms with Crippen LogP contribution in [0.3, 0.4) is 0 Å². The lowest BCUT2D eigenvalue weighted by atomic mass is 10.0. The second-order valence-electron chi connectivity index (χ2n) is 22.1. The van der Waals surface area contributed by atoms with Gasteiger partial charge < -0.3 is 28.4 Å². The second-order valence-corrected chi connectivity index (χ2v) is 29.7.